The quantitative estimate of drug-likeness (QED) is 0.623. The van der Waals surface area contributed by atoms with E-state index < -0.39 is 11.9 Å². The van der Waals surface area contributed by atoms with Gasteiger partial charge in [-0.15, -0.1) is 0 Å². The molecule has 0 heterocycles. The smallest absolute Gasteiger partial charge is 0.319 e. The van der Waals surface area contributed by atoms with Gasteiger partial charge in [-0.2, -0.15) is 0 Å². The van der Waals surface area contributed by atoms with Crippen LogP contribution in [-0.4, -0.2) is 29.1 Å². The third-order valence-corrected chi connectivity index (χ3v) is 3.84. The maximum atomic E-state index is 12.4. The first-order valence-electron chi connectivity index (χ1n) is 8.58. The molecular formula is C20H23N3O4. The number of carbonyl (C=O) groups is 3. The average molecular weight is 369 g/mol. The van der Waals surface area contributed by atoms with Crippen LogP contribution < -0.4 is 16.0 Å². The largest absolute Gasteiger partial charge is 0.481 e. The maximum absolute atomic E-state index is 12.4. The molecule has 142 valence electrons. The van der Waals surface area contributed by atoms with Gasteiger partial charge in [0.15, 0.2) is 0 Å². The van der Waals surface area contributed by atoms with Crippen LogP contribution in [0.15, 0.2) is 48.5 Å². The fourth-order valence-electron chi connectivity index (χ4n) is 2.37. The number of carboxylic acid groups (broad SMARTS) is 1. The van der Waals surface area contributed by atoms with E-state index in [-0.39, 0.29) is 18.0 Å². The second-order valence-corrected chi connectivity index (χ2v) is 6.47. The summed E-state index contributed by atoms with van der Waals surface area (Å²) in [7, 11) is 0. The first-order valence-corrected chi connectivity index (χ1v) is 8.58. The van der Waals surface area contributed by atoms with E-state index in [9.17, 15) is 14.4 Å². The van der Waals surface area contributed by atoms with Gasteiger partial charge in [0, 0.05) is 23.0 Å². The summed E-state index contributed by atoms with van der Waals surface area (Å²) < 4.78 is 0. The van der Waals surface area contributed by atoms with Gasteiger partial charge in [0.2, 0.25) is 0 Å². The molecule has 3 amide bonds. The van der Waals surface area contributed by atoms with Crippen molar-refractivity contribution in [2.75, 3.05) is 10.6 Å². The van der Waals surface area contributed by atoms with Crippen LogP contribution in [0.1, 0.15) is 42.6 Å². The first-order chi connectivity index (χ1) is 12.8. The second kappa shape index (κ2) is 8.84. The molecule has 0 saturated carbocycles. The zero-order valence-corrected chi connectivity index (χ0v) is 15.4. The summed E-state index contributed by atoms with van der Waals surface area (Å²) in [4.78, 5) is 35.2. The van der Waals surface area contributed by atoms with Gasteiger partial charge >= 0.3 is 12.0 Å². The van der Waals surface area contributed by atoms with E-state index in [0.29, 0.717) is 22.5 Å². The van der Waals surface area contributed by atoms with Gasteiger partial charge in [-0.05, 0) is 62.7 Å². The van der Waals surface area contributed by atoms with Crippen molar-refractivity contribution in [1.29, 1.82) is 0 Å². The summed E-state index contributed by atoms with van der Waals surface area (Å²) in [5.41, 5.74) is 2.11. The predicted octanol–water partition coefficient (Wildman–Crippen LogP) is 3.66. The van der Waals surface area contributed by atoms with Crippen molar-refractivity contribution >= 4 is 29.3 Å². The molecule has 0 aromatic heterocycles. The van der Waals surface area contributed by atoms with E-state index in [1.165, 1.54) is 0 Å². The zero-order chi connectivity index (χ0) is 20.0. The average Bonchev–Trinajstić information content (AvgIpc) is 2.61. The summed E-state index contributed by atoms with van der Waals surface area (Å²) in [5, 5.41) is 17.2. The summed E-state index contributed by atoms with van der Waals surface area (Å²) in [6, 6.07) is 12.9. The Morgan fingerprint density at radius 3 is 2.15 bits per heavy atom. The molecule has 27 heavy (non-hydrogen) atoms. The molecule has 0 bridgehead atoms. The Labute approximate surface area is 157 Å². The lowest BCUT2D eigenvalue weighted by molar-refractivity contribution is -0.138. The van der Waals surface area contributed by atoms with Crippen molar-refractivity contribution in [3.63, 3.8) is 0 Å². The fourth-order valence-corrected chi connectivity index (χ4v) is 2.37. The fraction of sp³-hybridized carbons (Fsp3) is 0.250. The molecule has 0 fully saturated rings. The van der Waals surface area contributed by atoms with Crippen molar-refractivity contribution in [1.82, 2.24) is 5.32 Å². The Bertz CT molecular complexity index is 831. The van der Waals surface area contributed by atoms with E-state index >= 15 is 0 Å². The molecule has 7 heteroatoms. The molecule has 0 saturated heterocycles. The highest BCUT2D eigenvalue weighted by molar-refractivity contribution is 6.04. The van der Waals surface area contributed by atoms with Crippen LogP contribution in [-0.2, 0) is 4.79 Å². The second-order valence-electron chi connectivity index (χ2n) is 6.47. The number of hydrogen-bond donors (Lipinski definition) is 4. The third kappa shape index (κ3) is 5.85. The molecule has 1 unspecified atom stereocenters. The standard InChI is InChI=1S/C20H23N3O4/c1-12(2)21-20(27)23-16-9-7-14(8-10-16)18(24)22-17-6-4-5-15(11-17)13(3)19(25)26/h4-13H,1-3H3,(H,22,24)(H,25,26)(H2,21,23,27). The van der Waals surface area contributed by atoms with E-state index in [0.717, 1.165) is 0 Å². The van der Waals surface area contributed by atoms with Gasteiger partial charge in [-0.25, -0.2) is 4.79 Å². The van der Waals surface area contributed by atoms with Crippen LogP contribution in [0.3, 0.4) is 0 Å². The Kier molecular flexibility index (Phi) is 6.54. The topological polar surface area (TPSA) is 108 Å². The minimum absolute atomic E-state index is 0.0228. The number of aliphatic carboxylic acids is 1. The normalized spacial score (nSPS) is 11.6. The Morgan fingerprint density at radius 2 is 1.56 bits per heavy atom. The molecule has 0 aliphatic heterocycles. The molecule has 0 aliphatic rings. The molecule has 2 rings (SSSR count). The SMILES string of the molecule is CC(C)NC(=O)Nc1ccc(C(=O)Nc2cccc(C(C)C(=O)O)c2)cc1. The predicted molar refractivity (Wildman–Crippen MR) is 104 cm³/mol. The summed E-state index contributed by atoms with van der Waals surface area (Å²) in [5.74, 6) is -1.92. The number of anilines is 2. The molecule has 0 spiro atoms. The molecular weight excluding hydrogens is 346 g/mol. The lowest BCUT2D eigenvalue weighted by Gasteiger charge is -2.11. The molecule has 2 aromatic rings. The van der Waals surface area contributed by atoms with Crippen LogP contribution in [0.4, 0.5) is 16.2 Å². The van der Waals surface area contributed by atoms with Crippen molar-refractivity contribution in [2.24, 2.45) is 0 Å². The summed E-state index contributed by atoms with van der Waals surface area (Å²) >= 11 is 0. The first kappa shape index (κ1) is 20.0. The number of urea groups is 1. The lowest BCUT2D eigenvalue weighted by Crippen LogP contribution is -2.34. The van der Waals surface area contributed by atoms with Crippen molar-refractivity contribution in [3.8, 4) is 0 Å². The minimum Gasteiger partial charge on any atom is -0.481 e. The van der Waals surface area contributed by atoms with Gasteiger partial charge in [0.25, 0.3) is 5.91 Å². The number of amides is 3. The Hall–Kier alpha value is -3.35. The number of rotatable bonds is 6. The van der Waals surface area contributed by atoms with Crippen LogP contribution in [0.5, 0.6) is 0 Å². The molecule has 0 aliphatic carbocycles. The van der Waals surface area contributed by atoms with Crippen LogP contribution in [0, 0.1) is 0 Å². The van der Waals surface area contributed by atoms with E-state index in [2.05, 4.69) is 16.0 Å². The number of carboxylic acids is 1. The molecule has 1 atom stereocenters. The highest BCUT2D eigenvalue weighted by atomic mass is 16.4. The summed E-state index contributed by atoms with van der Waals surface area (Å²) in [6.07, 6.45) is 0. The molecule has 0 radical (unpaired) electrons. The van der Waals surface area contributed by atoms with Gasteiger partial charge in [-0.3, -0.25) is 9.59 Å². The van der Waals surface area contributed by atoms with Crippen molar-refractivity contribution < 1.29 is 19.5 Å². The van der Waals surface area contributed by atoms with Gasteiger partial charge in [0.05, 0.1) is 5.92 Å². The van der Waals surface area contributed by atoms with Gasteiger partial charge in [-0.1, -0.05) is 12.1 Å². The van der Waals surface area contributed by atoms with E-state index in [4.69, 9.17) is 5.11 Å². The zero-order valence-electron chi connectivity index (χ0n) is 15.4. The number of benzene rings is 2. The highest BCUT2D eigenvalue weighted by Crippen LogP contribution is 2.20. The molecule has 2 aromatic carbocycles. The number of hydrogen-bond acceptors (Lipinski definition) is 3. The number of carbonyl (C=O) groups excluding carboxylic acids is 2. The highest BCUT2D eigenvalue weighted by Gasteiger charge is 2.14. The third-order valence-electron chi connectivity index (χ3n) is 3.84. The Balaban J connectivity index is 2.03. The minimum atomic E-state index is -0.928. The van der Waals surface area contributed by atoms with Gasteiger partial charge in [0.1, 0.15) is 0 Å². The van der Waals surface area contributed by atoms with E-state index in [1.54, 1.807) is 55.5 Å². The molecule has 7 nitrogen and oxygen atoms in total. The monoisotopic (exact) mass is 369 g/mol. The Morgan fingerprint density at radius 1 is 0.889 bits per heavy atom. The van der Waals surface area contributed by atoms with Gasteiger partial charge < -0.3 is 21.1 Å². The van der Waals surface area contributed by atoms with Crippen LogP contribution in [0.25, 0.3) is 0 Å². The van der Waals surface area contributed by atoms with E-state index in [1.807, 2.05) is 13.8 Å². The van der Waals surface area contributed by atoms with Crippen LogP contribution >= 0.6 is 0 Å². The van der Waals surface area contributed by atoms with Crippen molar-refractivity contribution in [3.05, 3.63) is 59.7 Å². The lowest BCUT2D eigenvalue weighted by atomic mass is 10.0. The maximum Gasteiger partial charge on any atom is 0.319 e. The number of nitrogens with one attached hydrogen (secondary N) is 3. The molecule has 4 N–H and O–H groups in total. The van der Waals surface area contributed by atoms with Crippen molar-refractivity contribution in [2.45, 2.75) is 32.7 Å². The summed E-state index contributed by atoms with van der Waals surface area (Å²) in [6.45, 7) is 5.31. The van der Waals surface area contributed by atoms with Crippen LogP contribution in [0.2, 0.25) is 0 Å².